The molecule has 1 aliphatic rings. The smallest absolute Gasteiger partial charge is 0.374 e. The van der Waals surface area contributed by atoms with E-state index in [4.69, 9.17) is 18.0 Å². The van der Waals surface area contributed by atoms with Crippen molar-refractivity contribution in [1.29, 1.82) is 0 Å². The molecule has 0 N–H and O–H groups in total. The minimum absolute atomic E-state index is 0.483. The summed E-state index contributed by atoms with van der Waals surface area (Å²) in [6.07, 6.45) is 2.65. The molecule has 1 aliphatic heterocycles. The lowest BCUT2D eigenvalue weighted by molar-refractivity contribution is 0.0705. The van der Waals surface area contributed by atoms with Crippen LogP contribution in [0.25, 0.3) is 0 Å². The number of ether oxygens (including phenoxy) is 1. The average Bonchev–Trinajstić information content (AvgIpc) is 3.03. The number of rotatable bonds is 10. The van der Waals surface area contributed by atoms with Crippen molar-refractivity contribution >= 4 is 8.80 Å². The van der Waals surface area contributed by atoms with Crippen molar-refractivity contribution in [2.75, 3.05) is 26.4 Å². The highest BCUT2D eigenvalue weighted by atomic mass is 28.4. The van der Waals surface area contributed by atoms with E-state index in [9.17, 15) is 0 Å². The molecule has 0 aromatic carbocycles. The highest BCUT2D eigenvalue weighted by Gasteiger charge is 2.40. The van der Waals surface area contributed by atoms with Crippen molar-refractivity contribution in [3.8, 4) is 0 Å². The molecule has 0 spiro atoms. The number of hydrogen-bond donors (Lipinski definition) is 0. The summed E-state index contributed by atoms with van der Waals surface area (Å²) in [6.45, 7) is 8.87. The molecule has 1 fully saturated rings. The summed E-state index contributed by atoms with van der Waals surface area (Å²) < 4.78 is 22.5. The van der Waals surface area contributed by atoms with Crippen LogP contribution in [0.1, 0.15) is 33.6 Å². The van der Waals surface area contributed by atoms with Crippen LogP contribution in [-0.2, 0) is 18.0 Å². The Labute approximate surface area is 99.6 Å². The SMILES string of the molecule is CCO[Si](CCCC1CO1)(OCC)OCC. The third-order valence-corrected chi connectivity index (χ3v) is 5.66. The molecule has 0 aromatic rings. The molecular weight excluding hydrogens is 224 g/mol. The van der Waals surface area contributed by atoms with Gasteiger partial charge in [-0.3, -0.25) is 0 Å². The van der Waals surface area contributed by atoms with Crippen LogP contribution >= 0.6 is 0 Å². The lowest BCUT2D eigenvalue weighted by Gasteiger charge is -2.28. The normalized spacial score (nSPS) is 20.1. The second-order valence-corrected chi connectivity index (χ2v) is 6.56. The summed E-state index contributed by atoms with van der Waals surface area (Å²) >= 11 is 0. The van der Waals surface area contributed by atoms with Gasteiger partial charge in [-0.1, -0.05) is 0 Å². The van der Waals surface area contributed by atoms with Gasteiger partial charge in [0, 0.05) is 25.9 Å². The lowest BCUT2D eigenvalue weighted by atomic mass is 10.3. The summed E-state index contributed by atoms with van der Waals surface area (Å²) in [5.41, 5.74) is 0. The molecule has 0 aromatic heterocycles. The first-order chi connectivity index (χ1) is 7.76. The van der Waals surface area contributed by atoms with Crippen molar-refractivity contribution in [3.63, 3.8) is 0 Å². The average molecular weight is 248 g/mol. The summed E-state index contributed by atoms with van der Waals surface area (Å²) in [5, 5.41) is 0. The second kappa shape index (κ2) is 7.40. The van der Waals surface area contributed by atoms with E-state index in [0.29, 0.717) is 25.9 Å². The van der Waals surface area contributed by atoms with Gasteiger partial charge in [0.25, 0.3) is 0 Å². The van der Waals surface area contributed by atoms with Gasteiger partial charge in [0.15, 0.2) is 0 Å². The fourth-order valence-corrected chi connectivity index (χ4v) is 4.42. The highest BCUT2D eigenvalue weighted by molar-refractivity contribution is 6.60. The van der Waals surface area contributed by atoms with Crippen LogP contribution in [0.5, 0.6) is 0 Å². The molecular formula is C11H24O4Si. The van der Waals surface area contributed by atoms with Crippen LogP contribution in [0.4, 0.5) is 0 Å². The van der Waals surface area contributed by atoms with Gasteiger partial charge >= 0.3 is 8.80 Å². The first-order valence-corrected chi connectivity index (χ1v) is 8.23. The predicted molar refractivity (Wildman–Crippen MR) is 64.4 cm³/mol. The van der Waals surface area contributed by atoms with Crippen LogP contribution in [0.15, 0.2) is 0 Å². The summed E-state index contributed by atoms with van der Waals surface area (Å²) in [5.74, 6) is 0. The Morgan fingerprint density at radius 1 is 1.06 bits per heavy atom. The van der Waals surface area contributed by atoms with E-state index < -0.39 is 8.80 Å². The molecule has 0 amide bonds. The summed E-state index contributed by atoms with van der Waals surface area (Å²) in [7, 11) is -2.39. The van der Waals surface area contributed by atoms with Crippen LogP contribution < -0.4 is 0 Å². The zero-order chi connectivity index (χ0) is 11.9. The fraction of sp³-hybridized carbons (Fsp3) is 1.00. The zero-order valence-corrected chi connectivity index (χ0v) is 11.7. The van der Waals surface area contributed by atoms with E-state index in [1.54, 1.807) is 0 Å². The molecule has 0 bridgehead atoms. The Balaban J connectivity index is 2.36. The fourth-order valence-electron chi connectivity index (χ4n) is 1.78. The van der Waals surface area contributed by atoms with E-state index in [1.165, 1.54) is 0 Å². The van der Waals surface area contributed by atoms with E-state index >= 15 is 0 Å². The Morgan fingerprint density at radius 2 is 1.56 bits per heavy atom. The topological polar surface area (TPSA) is 40.2 Å². The molecule has 5 heteroatoms. The van der Waals surface area contributed by atoms with Crippen molar-refractivity contribution in [2.45, 2.75) is 45.8 Å². The third kappa shape index (κ3) is 4.93. The van der Waals surface area contributed by atoms with Gasteiger partial charge < -0.3 is 18.0 Å². The third-order valence-electron chi connectivity index (χ3n) is 2.50. The van der Waals surface area contributed by atoms with E-state index in [0.717, 1.165) is 25.5 Å². The van der Waals surface area contributed by atoms with Crippen molar-refractivity contribution < 1.29 is 18.0 Å². The monoisotopic (exact) mass is 248 g/mol. The van der Waals surface area contributed by atoms with Crippen LogP contribution in [0, 0.1) is 0 Å². The van der Waals surface area contributed by atoms with Crippen LogP contribution in [0.2, 0.25) is 6.04 Å². The van der Waals surface area contributed by atoms with Crippen molar-refractivity contribution in [1.82, 2.24) is 0 Å². The van der Waals surface area contributed by atoms with Gasteiger partial charge in [-0.25, -0.2) is 0 Å². The van der Waals surface area contributed by atoms with Crippen LogP contribution in [-0.4, -0.2) is 41.3 Å². The molecule has 0 aliphatic carbocycles. The maximum atomic E-state index is 5.77. The molecule has 16 heavy (non-hydrogen) atoms. The molecule has 1 unspecified atom stereocenters. The standard InChI is InChI=1S/C11H24O4Si/c1-4-13-16(14-5-2,15-6-3)9-7-8-11-10-12-11/h11H,4-10H2,1-3H3. The van der Waals surface area contributed by atoms with E-state index in [-0.39, 0.29) is 0 Å². The summed E-state index contributed by atoms with van der Waals surface area (Å²) in [6, 6.07) is 0.905. The first kappa shape index (κ1) is 14.1. The minimum Gasteiger partial charge on any atom is -0.374 e. The zero-order valence-electron chi connectivity index (χ0n) is 10.7. The second-order valence-electron chi connectivity index (χ2n) is 3.83. The minimum atomic E-state index is -2.39. The Bertz CT molecular complexity index is 168. The van der Waals surface area contributed by atoms with Gasteiger partial charge in [-0.2, -0.15) is 0 Å². The highest BCUT2D eigenvalue weighted by Crippen LogP contribution is 2.23. The largest absolute Gasteiger partial charge is 0.500 e. The molecule has 96 valence electrons. The van der Waals surface area contributed by atoms with Gasteiger partial charge in [0.05, 0.1) is 12.7 Å². The molecule has 1 saturated heterocycles. The van der Waals surface area contributed by atoms with Crippen molar-refractivity contribution in [2.24, 2.45) is 0 Å². The molecule has 1 heterocycles. The lowest BCUT2D eigenvalue weighted by Crippen LogP contribution is -2.45. The quantitative estimate of drug-likeness (QED) is 0.439. The Morgan fingerprint density at radius 3 is 1.94 bits per heavy atom. The predicted octanol–water partition coefficient (Wildman–Crippen LogP) is 2.21. The van der Waals surface area contributed by atoms with Gasteiger partial charge in [-0.05, 0) is 33.6 Å². The van der Waals surface area contributed by atoms with Gasteiger partial charge in [0.1, 0.15) is 0 Å². The molecule has 1 atom stereocenters. The maximum absolute atomic E-state index is 5.77. The maximum Gasteiger partial charge on any atom is 0.500 e. The van der Waals surface area contributed by atoms with Crippen LogP contribution in [0.3, 0.4) is 0 Å². The van der Waals surface area contributed by atoms with E-state index in [1.807, 2.05) is 20.8 Å². The molecule has 1 rings (SSSR count). The molecule has 0 saturated carbocycles. The van der Waals surface area contributed by atoms with Gasteiger partial charge in [0.2, 0.25) is 0 Å². The number of hydrogen-bond acceptors (Lipinski definition) is 4. The molecule has 0 radical (unpaired) electrons. The molecule has 4 nitrogen and oxygen atoms in total. The first-order valence-electron chi connectivity index (χ1n) is 6.29. The van der Waals surface area contributed by atoms with Crippen molar-refractivity contribution in [3.05, 3.63) is 0 Å². The Kier molecular flexibility index (Phi) is 6.53. The van der Waals surface area contributed by atoms with Gasteiger partial charge in [-0.15, -0.1) is 0 Å². The Hall–Kier alpha value is 0.0569. The van der Waals surface area contributed by atoms with E-state index in [2.05, 4.69) is 0 Å². The number of epoxide rings is 1. The summed E-state index contributed by atoms with van der Waals surface area (Å²) in [4.78, 5) is 0.